The summed E-state index contributed by atoms with van der Waals surface area (Å²) in [6.45, 7) is 2.10. The second-order valence-electron chi connectivity index (χ2n) is 6.43. The van der Waals surface area contributed by atoms with Crippen molar-refractivity contribution in [1.29, 1.82) is 0 Å². The maximum atomic E-state index is 9.27. The van der Waals surface area contributed by atoms with Gasteiger partial charge in [-0.25, -0.2) is 0 Å². The summed E-state index contributed by atoms with van der Waals surface area (Å²) in [5.74, 6) is 0. The van der Waals surface area contributed by atoms with Gasteiger partial charge in [0.2, 0.25) is 0 Å². The van der Waals surface area contributed by atoms with E-state index in [1.54, 1.807) is 0 Å². The van der Waals surface area contributed by atoms with Crippen molar-refractivity contribution in [2.75, 3.05) is 19.8 Å². The maximum absolute atomic E-state index is 9.27. The molecule has 3 fully saturated rings. The van der Waals surface area contributed by atoms with Crippen LogP contribution in [0.4, 0.5) is 0 Å². The Bertz CT molecular complexity index is 266. The lowest BCUT2D eigenvalue weighted by atomic mass is 9.78. The third-order valence-electron chi connectivity index (χ3n) is 5.07. The molecule has 104 valence electrons. The van der Waals surface area contributed by atoms with Crippen LogP contribution in [0.3, 0.4) is 0 Å². The average molecular weight is 253 g/mol. The van der Waals surface area contributed by atoms with Crippen LogP contribution in [0.2, 0.25) is 0 Å². The first-order chi connectivity index (χ1) is 8.83. The summed E-state index contributed by atoms with van der Waals surface area (Å²) in [6.07, 6.45) is 11.7. The van der Waals surface area contributed by atoms with E-state index in [0.717, 1.165) is 25.6 Å². The highest BCUT2D eigenvalue weighted by Gasteiger charge is 2.43. The zero-order valence-electron chi connectivity index (χ0n) is 11.4. The lowest BCUT2D eigenvalue weighted by molar-refractivity contribution is -0.126. The summed E-state index contributed by atoms with van der Waals surface area (Å²) in [6, 6.07) is 1.43. The lowest BCUT2D eigenvalue weighted by Gasteiger charge is -2.46. The number of rotatable bonds is 4. The molecule has 0 amide bonds. The monoisotopic (exact) mass is 253 g/mol. The molecule has 0 bridgehead atoms. The van der Waals surface area contributed by atoms with Crippen molar-refractivity contribution in [2.45, 2.75) is 75.5 Å². The Morgan fingerprint density at radius 1 is 1.06 bits per heavy atom. The van der Waals surface area contributed by atoms with Gasteiger partial charge in [0.1, 0.15) is 0 Å². The number of aliphatic hydroxyl groups is 1. The van der Waals surface area contributed by atoms with Crippen LogP contribution in [-0.2, 0) is 4.74 Å². The van der Waals surface area contributed by atoms with E-state index >= 15 is 0 Å². The van der Waals surface area contributed by atoms with Gasteiger partial charge in [0.25, 0.3) is 0 Å². The Balaban J connectivity index is 1.64. The largest absolute Gasteiger partial charge is 0.395 e. The fraction of sp³-hybridized carbons (Fsp3) is 1.00. The number of nitrogens with zero attached hydrogens (tertiary/aromatic N) is 1. The molecule has 0 aromatic heterocycles. The van der Waals surface area contributed by atoms with E-state index in [1.165, 1.54) is 51.4 Å². The third kappa shape index (κ3) is 2.73. The highest BCUT2D eigenvalue weighted by Crippen LogP contribution is 2.41. The molecule has 1 N–H and O–H groups in total. The minimum atomic E-state index is 0.198. The Labute approximate surface area is 110 Å². The van der Waals surface area contributed by atoms with Gasteiger partial charge in [0.05, 0.1) is 12.2 Å². The van der Waals surface area contributed by atoms with Crippen LogP contribution in [-0.4, -0.2) is 47.4 Å². The predicted molar refractivity (Wildman–Crippen MR) is 71.6 cm³/mol. The molecule has 0 aromatic carbocycles. The molecule has 3 heteroatoms. The molecule has 1 heterocycles. The molecule has 1 atom stereocenters. The van der Waals surface area contributed by atoms with Crippen molar-refractivity contribution in [3.63, 3.8) is 0 Å². The summed E-state index contributed by atoms with van der Waals surface area (Å²) in [5, 5.41) is 9.27. The Kier molecular flexibility index (Phi) is 3.92. The highest BCUT2D eigenvalue weighted by atomic mass is 16.5. The average Bonchev–Trinajstić information content (AvgIpc) is 3.21. The molecule has 1 spiro atoms. The first-order valence-electron chi connectivity index (χ1n) is 7.84. The van der Waals surface area contributed by atoms with Crippen molar-refractivity contribution < 1.29 is 9.84 Å². The first kappa shape index (κ1) is 12.9. The van der Waals surface area contributed by atoms with Gasteiger partial charge in [-0.15, -0.1) is 0 Å². The van der Waals surface area contributed by atoms with E-state index in [-0.39, 0.29) is 5.60 Å². The number of ether oxygens (including phenoxy) is 1. The normalized spacial score (nSPS) is 32.0. The molecule has 0 aromatic rings. The minimum absolute atomic E-state index is 0.198. The molecule has 1 aliphatic heterocycles. The van der Waals surface area contributed by atoms with E-state index in [4.69, 9.17) is 4.74 Å². The number of hydrogen-bond donors (Lipinski definition) is 1. The lowest BCUT2D eigenvalue weighted by Crippen LogP contribution is -2.50. The van der Waals surface area contributed by atoms with Crippen LogP contribution in [0.15, 0.2) is 0 Å². The van der Waals surface area contributed by atoms with Gasteiger partial charge in [0.15, 0.2) is 0 Å². The zero-order chi connectivity index (χ0) is 12.4. The van der Waals surface area contributed by atoms with Gasteiger partial charge in [-0.05, 0) is 38.5 Å². The maximum Gasteiger partial charge on any atom is 0.0697 e. The van der Waals surface area contributed by atoms with E-state index in [9.17, 15) is 5.11 Å². The molecule has 3 rings (SSSR count). The smallest absolute Gasteiger partial charge is 0.0697 e. The van der Waals surface area contributed by atoms with Gasteiger partial charge in [0, 0.05) is 25.2 Å². The van der Waals surface area contributed by atoms with Gasteiger partial charge in [-0.3, -0.25) is 4.90 Å². The van der Waals surface area contributed by atoms with Crippen molar-refractivity contribution in [1.82, 2.24) is 4.90 Å². The highest BCUT2D eigenvalue weighted by molar-refractivity contribution is 4.96. The fourth-order valence-corrected chi connectivity index (χ4v) is 4.01. The standard InChI is InChI=1S/C15H27NO2/c17-10-9-16(13-4-5-13)14-6-11-18-15(12-14)7-2-1-3-8-15/h13-14,17H,1-12H2. The molecule has 1 unspecified atom stereocenters. The first-order valence-corrected chi connectivity index (χ1v) is 7.84. The molecule has 18 heavy (non-hydrogen) atoms. The van der Waals surface area contributed by atoms with Crippen LogP contribution in [0.1, 0.15) is 57.8 Å². The number of hydrogen-bond acceptors (Lipinski definition) is 3. The second kappa shape index (κ2) is 5.48. The Hall–Kier alpha value is -0.120. The van der Waals surface area contributed by atoms with Crippen LogP contribution >= 0.6 is 0 Å². The Morgan fingerprint density at radius 2 is 1.83 bits per heavy atom. The minimum Gasteiger partial charge on any atom is -0.395 e. The molecular weight excluding hydrogens is 226 g/mol. The zero-order valence-corrected chi connectivity index (χ0v) is 11.4. The van der Waals surface area contributed by atoms with Crippen LogP contribution in [0.25, 0.3) is 0 Å². The van der Waals surface area contributed by atoms with Crippen LogP contribution in [0, 0.1) is 0 Å². The molecule has 0 radical (unpaired) electrons. The summed E-state index contributed by atoms with van der Waals surface area (Å²) in [7, 11) is 0. The molecular formula is C15H27NO2. The van der Waals surface area contributed by atoms with Crippen LogP contribution in [0.5, 0.6) is 0 Å². The summed E-state index contributed by atoms with van der Waals surface area (Å²) < 4.78 is 6.18. The Morgan fingerprint density at radius 3 is 2.50 bits per heavy atom. The van der Waals surface area contributed by atoms with Gasteiger partial charge in [-0.2, -0.15) is 0 Å². The summed E-state index contributed by atoms with van der Waals surface area (Å²) in [4.78, 5) is 2.58. The van der Waals surface area contributed by atoms with Gasteiger partial charge in [-0.1, -0.05) is 19.3 Å². The predicted octanol–water partition coefficient (Wildman–Crippen LogP) is 2.33. The second-order valence-corrected chi connectivity index (χ2v) is 6.43. The van der Waals surface area contributed by atoms with Gasteiger partial charge >= 0.3 is 0 Å². The topological polar surface area (TPSA) is 32.7 Å². The molecule has 2 aliphatic carbocycles. The van der Waals surface area contributed by atoms with Crippen molar-refractivity contribution >= 4 is 0 Å². The molecule has 1 saturated heterocycles. The fourth-order valence-electron chi connectivity index (χ4n) is 4.01. The summed E-state index contributed by atoms with van der Waals surface area (Å²) >= 11 is 0. The van der Waals surface area contributed by atoms with E-state index in [2.05, 4.69) is 4.90 Å². The summed E-state index contributed by atoms with van der Waals surface area (Å²) in [5.41, 5.74) is 0.198. The number of aliphatic hydroxyl groups excluding tert-OH is 1. The van der Waals surface area contributed by atoms with Crippen molar-refractivity contribution in [3.05, 3.63) is 0 Å². The van der Waals surface area contributed by atoms with Gasteiger partial charge < -0.3 is 9.84 Å². The quantitative estimate of drug-likeness (QED) is 0.834. The SMILES string of the molecule is OCCN(C1CC1)C1CCOC2(CCCCC2)C1. The van der Waals surface area contributed by atoms with Crippen LogP contribution < -0.4 is 0 Å². The van der Waals surface area contributed by atoms with E-state index in [1.807, 2.05) is 0 Å². The van der Waals surface area contributed by atoms with Crippen molar-refractivity contribution in [2.24, 2.45) is 0 Å². The molecule has 3 aliphatic rings. The van der Waals surface area contributed by atoms with E-state index in [0.29, 0.717) is 12.6 Å². The molecule has 3 nitrogen and oxygen atoms in total. The van der Waals surface area contributed by atoms with E-state index < -0.39 is 0 Å². The molecule has 2 saturated carbocycles. The third-order valence-corrected chi connectivity index (χ3v) is 5.07. The van der Waals surface area contributed by atoms with Crippen molar-refractivity contribution in [3.8, 4) is 0 Å².